The number of benzene rings is 2. The van der Waals surface area contributed by atoms with E-state index in [1.165, 1.54) is 19.2 Å². The van der Waals surface area contributed by atoms with Gasteiger partial charge in [0.05, 0.1) is 7.11 Å². The molecule has 1 fully saturated rings. The molecule has 1 aliphatic heterocycles. The Morgan fingerprint density at radius 3 is 2.60 bits per heavy atom. The number of ether oxygens (including phenoxy) is 3. The van der Waals surface area contributed by atoms with E-state index in [2.05, 4.69) is 10.0 Å². The molecule has 1 aliphatic carbocycles. The van der Waals surface area contributed by atoms with E-state index in [1.54, 1.807) is 6.07 Å². The van der Waals surface area contributed by atoms with Crippen molar-refractivity contribution in [2.45, 2.75) is 30.2 Å². The number of hydrogen-bond acceptors (Lipinski definition) is 6. The van der Waals surface area contributed by atoms with Crippen molar-refractivity contribution in [3.8, 4) is 17.2 Å². The second kappa shape index (κ2) is 8.53. The molecule has 0 saturated heterocycles. The molecule has 1 amide bonds. The summed E-state index contributed by atoms with van der Waals surface area (Å²) in [5, 5.41) is 2.83. The Labute approximate surface area is 175 Å². The molecule has 0 radical (unpaired) electrons. The molecule has 1 heterocycles. The third kappa shape index (κ3) is 4.68. The van der Waals surface area contributed by atoms with Crippen LogP contribution < -0.4 is 24.2 Å². The van der Waals surface area contributed by atoms with Crippen molar-refractivity contribution >= 4 is 15.9 Å². The Hall–Kier alpha value is -2.78. The molecule has 160 valence electrons. The van der Waals surface area contributed by atoms with Crippen LogP contribution in [0.5, 0.6) is 17.2 Å². The molecule has 0 spiro atoms. The summed E-state index contributed by atoms with van der Waals surface area (Å²) in [5.74, 6) is 1.29. The van der Waals surface area contributed by atoms with E-state index in [4.69, 9.17) is 14.2 Å². The zero-order chi connectivity index (χ0) is 21.1. The average molecular weight is 432 g/mol. The Balaban J connectivity index is 1.41. The number of hydrogen-bond donors (Lipinski definition) is 2. The van der Waals surface area contributed by atoms with Crippen LogP contribution in [0.15, 0.2) is 41.3 Å². The van der Waals surface area contributed by atoms with Crippen LogP contribution in [0.1, 0.15) is 28.8 Å². The molecular weight excluding hydrogens is 408 g/mol. The van der Waals surface area contributed by atoms with Crippen LogP contribution in [0.25, 0.3) is 0 Å². The quantitative estimate of drug-likeness (QED) is 0.660. The lowest BCUT2D eigenvalue weighted by Crippen LogP contribution is -2.28. The highest BCUT2D eigenvalue weighted by molar-refractivity contribution is 7.89. The molecule has 0 aromatic heterocycles. The second-order valence-electron chi connectivity index (χ2n) is 7.25. The van der Waals surface area contributed by atoms with E-state index in [0.29, 0.717) is 31.9 Å². The minimum Gasteiger partial charge on any atom is -0.495 e. The van der Waals surface area contributed by atoms with Crippen molar-refractivity contribution in [2.75, 3.05) is 26.9 Å². The predicted molar refractivity (Wildman–Crippen MR) is 110 cm³/mol. The van der Waals surface area contributed by atoms with Gasteiger partial charge in [0.25, 0.3) is 5.91 Å². The summed E-state index contributed by atoms with van der Waals surface area (Å²) in [5.41, 5.74) is 1.26. The van der Waals surface area contributed by atoms with Gasteiger partial charge in [-0.1, -0.05) is 6.07 Å². The first-order valence-corrected chi connectivity index (χ1v) is 11.3. The zero-order valence-electron chi connectivity index (χ0n) is 16.6. The van der Waals surface area contributed by atoms with E-state index in [0.717, 1.165) is 24.2 Å². The molecule has 0 unspecified atom stereocenters. The van der Waals surface area contributed by atoms with E-state index in [9.17, 15) is 13.2 Å². The lowest BCUT2D eigenvalue weighted by molar-refractivity contribution is 0.0954. The summed E-state index contributed by atoms with van der Waals surface area (Å²) in [7, 11) is -2.35. The average Bonchev–Trinajstić information content (AvgIpc) is 3.56. The van der Waals surface area contributed by atoms with Gasteiger partial charge >= 0.3 is 0 Å². The predicted octanol–water partition coefficient (Wildman–Crippen LogP) is 1.88. The van der Waals surface area contributed by atoms with Gasteiger partial charge in [-0.2, -0.15) is 0 Å². The van der Waals surface area contributed by atoms with Crippen molar-refractivity contribution in [1.82, 2.24) is 10.0 Å². The van der Waals surface area contributed by atoms with Gasteiger partial charge in [0.2, 0.25) is 10.0 Å². The Bertz CT molecular complexity index is 1050. The SMILES string of the molecule is COc1ccc(C(=O)NCCc2ccc3c(c2)OCCO3)cc1S(=O)(=O)NC1CC1. The summed E-state index contributed by atoms with van der Waals surface area (Å²) in [6.45, 7) is 1.45. The van der Waals surface area contributed by atoms with Gasteiger partial charge in [0.15, 0.2) is 11.5 Å². The first-order valence-electron chi connectivity index (χ1n) is 9.83. The summed E-state index contributed by atoms with van der Waals surface area (Å²) in [6.07, 6.45) is 2.25. The van der Waals surface area contributed by atoms with Crippen molar-refractivity contribution in [3.63, 3.8) is 0 Å². The van der Waals surface area contributed by atoms with Crippen LogP contribution in [-0.4, -0.2) is 47.2 Å². The van der Waals surface area contributed by atoms with Crippen LogP contribution in [0, 0.1) is 0 Å². The van der Waals surface area contributed by atoms with E-state index in [-0.39, 0.29) is 28.2 Å². The molecular formula is C21H24N2O6S. The smallest absolute Gasteiger partial charge is 0.251 e. The standard InChI is InChI=1S/C21H24N2O6S/c1-27-18-7-3-15(13-20(18)30(25,26)23-16-4-5-16)21(24)22-9-8-14-2-6-17-19(12-14)29-11-10-28-17/h2-3,6-7,12-13,16,23H,4-5,8-11H2,1H3,(H,22,24). The van der Waals surface area contributed by atoms with Crippen molar-refractivity contribution < 1.29 is 27.4 Å². The maximum absolute atomic E-state index is 12.6. The lowest BCUT2D eigenvalue weighted by atomic mass is 10.1. The molecule has 9 heteroatoms. The van der Waals surface area contributed by atoms with Gasteiger partial charge in [0, 0.05) is 18.2 Å². The van der Waals surface area contributed by atoms with E-state index < -0.39 is 10.0 Å². The van der Waals surface area contributed by atoms with Crippen LogP contribution in [-0.2, 0) is 16.4 Å². The van der Waals surface area contributed by atoms with Crippen LogP contribution >= 0.6 is 0 Å². The first-order chi connectivity index (χ1) is 14.5. The maximum Gasteiger partial charge on any atom is 0.251 e. The lowest BCUT2D eigenvalue weighted by Gasteiger charge is -2.18. The highest BCUT2D eigenvalue weighted by Gasteiger charge is 2.30. The third-order valence-corrected chi connectivity index (χ3v) is 6.46. The van der Waals surface area contributed by atoms with Gasteiger partial charge in [-0.3, -0.25) is 4.79 Å². The number of carbonyl (C=O) groups excluding carboxylic acids is 1. The molecule has 4 rings (SSSR count). The Kier molecular flexibility index (Phi) is 5.83. The number of carbonyl (C=O) groups is 1. The van der Waals surface area contributed by atoms with Crippen molar-refractivity contribution in [3.05, 3.63) is 47.5 Å². The Morgan fingerprint density at radius 2 is 1.87 bits per heavy atom. The monoisotopic (exact) mass is 432 g/mol. The number of methoxy groups -OCH3 is 1. The minimum absolute atomic E-state index is 0.0311. The van der Waals surface area contributed by atoms with Gasteiger partial charge in [-0.25, -0.2) is 13.1 Å². The molecule has 30 heavy (non-hydrogen) atoms. The number of nitrogens with one attached hydrogen (secondary N) is 2. The molecule has 8 nitrogen and oxygen atoms in total. The summed E-state index contributed by atoms with van der Waals surface area (Å²) in [4.78, 5) is 12.5. The van der Waals surface area contributed by atoms with Gasteiger partial charge in [0.1, 0.15) is 23.9 Å². The summed E-state index contributed by atoms with van der Waals surface area (Å²) in [6, 6.07) is 10.1. The molecule has 2 aliphatic rings. The van der Waals surface area contributed by atoms with Crippen molar-refractivity contribution in [2.24, 2.45) is 0 Å². The fourth-order valence-corrected chi connectivity index (χ4v) is 4.68. The normalized spacial score (nSPS) is 15.5. The minimum atomic E-state index is -3.75. The van der Waals surface area contributed by atoms with Gasteiger partial charge < -0.3 is 19.5 Å². The molecule has 0 atom stereocenters. The number of fused-ring (bicyclic) bond motifs is 1. The first kappa shape index (κ1) is 20.5. The van der Waals surface area contributed by atoms with Crippen molar-refractivity contribution in [1.29, 1.82) is 0 Å². The van der Waals surface area contributed by atoms with E-state index >= 15 is 0 Å². The number of rotatable bonds is 8. The topological polar surface area (TPSA) is 103 Å². The molecule has 2 aromatic rings. The maximum atomic E-state index is 12.6. The highest BCUT2D eigenvalue weighted by atomic mass is 32.2. The zero-order valence-corrected chi connectivity index (χ0v) is 17.5. The third-order valence-electron chi connectivity index (χ3n) is 4.92. The van der Waals surface area contributed by atoms with Crippen LogP contribution in [0.4, 0.5) is 0 Å². The molecule has 0 bridgehead atoms. The van der Waals surface area contributed by atoms with Gasteiger partial charge in [-0.15, -0.1) is 0 Å². The second-order valence-corrected chi connectivity index (χ2v) is 8.93. The van der Waals surface area contributed by atoms with Crippen LogP contribution in [0.2, 0.25) is 0 Å². The Morgan fingerprint density at radius 1 is 1.10 bits per heavy atom. The summed E-state index contributed by atoms with van der Waals surface area (Å²) >= 11 is 0. The van der Waals surface area contributed by atoms with Crippen LogP contribution in [0.3, 0.4) is 0 Å². The molecule has 1 saturated carbocycles. The summed E-state index contributed by atoms with van der Waals surface area (Å²) < 4.78 is 44.1. The van der Waals surface area contributed by atoms with Gasteiger partial charge in [-0.05, 0) is 55.2 Å². The highest BCUT2D eigenvalue weighted by Crippen LogP contribution is 2.31. The molecule has 2 N–H and O–H groups in total. The van der Waals surface area contributed by atoms with E-state index in [1.807, 2.05) is 18.2 Å². The largest absolute Gasteiger partial charge is 0.495 e. The molecule has 2 aromatic carbocycles. The number of sulfonamides is 1. The number of amides is 1. The fourth-order valence-electron chi connectivity index (χ4n) is 3.18. The fraction of sp³-hybridized carbons (Fsp3) is 0.381.